The molecule has 0 spiro atoms. The van der Waals surface area contributed by atoms with Crippen molar-refractivity contribution in [3.63, 3.8) is 0 Å². The van der Waals surface area contributed by atoms with Crippen LogP contribution in [0, 0.1) is 0 Å². The number of aromatic nitrogens is 2. The van der Waals surface area contributed by atoms with Gasteiger partial charge in [-0.3, -0.25) is 14.6 Å². The van der Waals surface area contributed by atoms with Crippen LogP contribution in [0.25, 0.3) is 11.1 Å². The maximum atomic E-state index is 11.8. The Morgan fingerprint density at radius 2 is 1.95 bits per heavy atom. The van der Waals surface area contributed by atoms with Gasteiger partial charge in [0.15, 0.2) is 5.78 Å². The van der Waals surface area contributed by atoms with Gasteiger partial charge in [0, 0.05) is 29.9 Å². The molecule has 2 rings (SSSR count). The van der Waals surface area contributed by atoms with Gasteiger partial charge in [0.2, 0.25) is 0 Å². The zero-order valence-corrected chi connectivity index (χ0v) is 11.3. The van der Waals surface area contributed by atoms with Crippen LogP contribution in [0.4, 0.5) is 5.69 Å². The number of aromatic amines is 1. The molecule has 0 amide bonds. The molecule has 2 aromatic heterocycles. The molecular formula is C15H15N3O2. The molecule has 0 fully saturated rings. The fourth-order valence-electron chi connectivity index (χ4n) is 1.84. The number of carbonyl (C=O) groups excluding carboxylic acids is 1. The molecule has 0 aliphatic rings. The van der Waals surface area contributed by atoms with Crippen LogP contribution in [-0.2, 0) is 4.79 Å². The molecule has 0 bridgehead atoms. The molecular weight excluding hydrogens is 254 g/mol. The third-order valence-electron chi connectivity index (χ3n) is 2.67. The highest BCUT2D eigenvalue weighted by Gasteiger charge is 2.04. The lowest BCUT2D eigenvalue weighted by Crippen LogP contribution is -2.13. The fraction of sp³-hybridized carbons (Fsp3) is 0.133. The maximum Gasteiger partial charge on any atom is 0.271 e. The van der Waals surface area contributed by atoms with Gasteiger partial charge in [0.1, 0.15) is 5.69 Å². The summed E-state index contributed by atoms with van der Waals surface area (Å²) in [4.78, 5) is 29.4. The van der Waals surface area contributed by atoms with E-state index in [2.05, 4.69) is 15.3 Å². The molecule has 0 radical (unpaired) electrons. The number of carbonyl (C=O) groups is 1. The number of rotatable bonds is 4. The first kappa shape index (κ1) is 13.7. The number of pyridine rings is 2. The Balaban J connectivity index is 2.35. The Labute approximate surface area is 116 Å². The van der Waals surface area contributed by atoms with E-state index in [1.54, 1.807) is 31.6 Å². The minimum absolute atomic E-state index is 0.0725. The minimum atomic E-state index is -0.237. The molecule has 102 valence electrons. The van der Waals surface area contributed by atoms with Crippen molar-refractivity contribution in [1.82, 2.24) is 9.97 Å². The van der Waals surface area contributed by atoms with Crippen LogP contribution >= 0.6 is 0 Å². The van der Waals surface area contributed by atoms with Crippen molar-refractivity contribution in [1.29, 1.82) is 0 Å². The number of H-pyrrole nitrogens is 1. The van der Waals surface area contributed by atoms with Crippen molar-refractivity contribution in [2.24, 2.45) is 0 Å². The average molecular weight is 269 g/mol. The second-order valence-electron chi connectivity index (χ2n) is 4.43. The minimum Gasteiger partial charge on any atom is -0.355 e. The second kappa shape index (κ2) is 5.97. The first-order valence-corrected chi connectivity index (χ1v) is 6.15. The van der Waals surface area contributed by atoms with Crippen LogP contribution in [0.1, 0.15) is 13.8 Å². The summed E-state index contributed by atoms with van der Waals surface area (Å²) in [6, 6.07) is 5.46. The van der Waals surface area contributed by atoms with E-state index in [1.807, 2.05) is 12.1 Å². The summed E-state index contributed by atoms with van der Waals surface area (Å²) >= 11 is 0. The second-order valence-corrected chi connectivity index (χ2v) is 4.43. The lowest BCUT2D eigenvalue weighted by atomic mass is 10.1. The molecule has 0 saturated carbocycles. The quantitative estimate of drug-likeness (QED) is 0.835. The number of anilines is 1. The highest BCUT2D eigenvalue weighted by atomic mass is 16.1. The van der Waals surface area contributed by atoms with Gasteiger partial charge in [-0.2, -0.15) is 0 Å². The number of hydrogen-bond donors (Lipinski definition) is 2. The smallest absolute Gasteiger partial charge is 0.271 e. The van der Waals surface area contributed by atoms with Gasteiger partial charge in [-0.25, -0.2) is 0 Å². The van der Waals surface area contributed by atoms with E-state index in [9.17, 15) is 9.59 Å². The summed E-state index contributed by atoms with van der Waals surface area (Å²) in [7, 11) is 0. The Hall–Kier alpha value is -2.69. The molecule has 0 aliphatic heterocycles. The van der Waals surface area contributed by atoms with Gasteiger partial charge in [-0.15, -0.1) is 0 Å². The predicted molar refractivity (Wildman–Crippen MR) is 78.4 cm³/mol. The van der Waals surface area contributed by atoms with Crippen molar-refractivity contribution in [3.05, 3.63) is 58.9 Å². The summed E-state index contributed by atoms with van der Waals surface area (Å²) in [5.74, 6) is -0.0725. The van der Waals surface area contributed by atoms with Crippen molar-refractivity contribution < 1.29 is 4.79 Å². The number of allylic oxidation sites excluding steroid dienone is 2. The van der Waals surface area contributed by atoms with Gasteiger partial charge >= 0.3 is 0 Å². The Kier molecular flexibility index (Phi) is 4.10. The Morgan fingerprint density at radius 3 is 2.60 bits per heavy atom. The molecule has 5 nitrogen and oxygen atoms in total. The molecule has 2 heterocycles. The van der Waals surface area contributed by atoms with Crippen molar-refractivity contribution in [2.45, 2.75) is 13.8 Å². The normalized spacial score (nSPS) is 11.2. The van der Waals surface area contributed by atoms with Crippen LogP contribution in [0.2, 0.25) is 0 Å². The summed E-state index contributed by atoms with van der Waals surface area (Å²) in [5.41, 5.74) is 2.60. The predicted octanol–water partition coefficient (Wildman–Crippen LogP) is 2.34. The van der Waals surface area contributed by atoms with Gasteiger partial charge in [-0.05, 0) is 43.7 Å². The Morgan fingerprint density at radius 1 is 1.25 bits per heavy atom. The topological polar surface area (TPSA) is 74.8 Å². The van der Waals surface area contributed by atoms with Crippen molar-refractivity contribution >= 4 is 11.5 Å². The summed E-state index contributed by atoms with van der Waals surface area (Å²) < 4.78 is 0. The lowest BCUT2D eigenvalue weighted by Gasteiger charge is -2.07. The molecule has 0 aromatic carbocycles. The molecule has 5 heteroatoms. The highest BCUT2D eigenvalue weighted by molar-refractivity contribution is 5.88. The number of hydrogen-bond acceptors (Lipinski definition) is 4. The van der Waals surface area contributed by atoms with E-state index >= 15 is 0 Å². The van der Waals surface area contributed by atoms with Crippen LogP contribution in [0.5, 0.6) is 0 Å². The average Bonchev–Trinajstić information content (AvgIpc) is 2.41. The monoisotopic (exact) mass is 269 g/mol. The van der Waals surface area contributed by atoms with E-state index in [0.717, 1.165) is 11.1 Å². The lowest BCUT2D eigenvalue weighted by molar-refractivity contribution is -0.112. The zero-order chi connectivity index (χ0) is 14.5. The fourth-order valence-corrected chi connectivity index (χ4v) is 1.84. The Bertz CT molecular complexity index is 703. The summed E-state index contributed by atoms with van der Waals surface area (Å²) in [6.45, 7) is 3.20. The zero-order valence-electron chi connectivity index (χ0n) is 11.3. The van der Waals surface area contributed by atoms with Gasteiger partial charge in [-0.1, -0.05) is 0 Å². The first-order valence-electron chi connectivity index (χ1n) is 6.15. The van der Waals surface area contributed by atoms with Crippen molar-refractivity contribution in [2.75, 3.05) is 5.32 Å². The summed E-state index contributed by atoms with van der Waals surface area (Å²) in [5, 5.41) is 2.93. The maximum absolute atomic E-state index is 11.8. The summed E-state index contributed by atoms with van der Waals surface area (Å²) in [6.07, 6.45) is 6.47. The van der Waals surface area contributed by atoms with Crippen molar-refractivity contribution in [3.8, 4) is 11.1 Å². The molecule has 0 atom stereocenters. The molecule has 0 saturated heterocycles. The van der Waals surface area contributed by atoms with Crippen LogP contribution in [0.3, 0.4) is 0 Å². The molecule has 2 N–H and O–H groups in total. The van der Waals surface area contributed by atoms with E-state index < -0.39 is 0 Å². The SMILES string of the molecule is CC(=O)/C=C(\C)Nc1cc(-c2ccncc2)c[nH]c1=O. The van der Waals surface area contributed by atoms with E-state index in [1.165, 1.54) is 13.0 Å². The van der Waals surface area contributed by atoms with Crippen LogP contribution < -0.4 is 10.9 Å². The molecule has 0 aliphatic carbocycles. The third kappa shape index (κ3) is 3.41. The largest absolute Gasteiger partial charge is 0.355 e. The van der Waals surface area contributed by atoms with Gasteiger partial charge in [0.05, 0.1) is 0 Å². The third-order valence-corrected chi connectivity index (χ3v) is 2.67. The first-order chi connectivity index (χ1) is 9.56. The van der Waals surface area contributed by atoms with Gasteiger partial charge < -0.3 is 10.3 Å². The highest BCUT2D eigenvalue weighted by Crippen LogP contribution is 2.19. The standard InChI is InChI=1S/C15H15N3O2/c1-10(7-11(2)19)18-14-8-13(9-17-15(14)20)12-3-5-16-6-4-12/h3-9,18H,1-2H3,(H,17,20)/b10-7+. The number of ketones is 1. The molecule has 2 aromatic rings. The number of nitrogens with one attached hydrogen (secondary N) is 2. The van der Waals surface area contributed by atoms with Crippen LogP contribution in [0.15, 0.2) is 53.4 Å². The molecule has 20 heavy (non-hydrogen) atoms. The molecule has 0 unspecified atom stereocenters. The van der Waals surface area contributed by atoms with Gasteiger partial charge in [0.25, 0.3) is 5.56 Å². The van der Waals surface area contributed by atoms with E-state index in [4.69, 9.17) is 0 Å². The number of nitrogens with zero attached hydrogens (tertiary/aromatic N) is 1. The van der Waals surface area contributed by atoms with E-state index in [-0.39, 0.29) is 11.3 Å². The van der Waals surface area contributed by atoms with E-state index in [0.29, 0.717) is 11.4 Å². The van der Waals surface area contributed by atoms with Crippen LogP contribution in [-0.4, -0.2) is 15.8 Å².